The average molecular weight is 524 g/mol. The van der Waals surface area contributed by atoms with Crippen LogP contribution in [0.5, 0.6) is 28.9 Å². The van der Waals surface area contributed by atoms with Gasteiger partial charge in [0.15, 0.2) is 29.6 Å². The molecule has 39 heavy (non-hydrogen) atoms. The smallest absolute Gasteiger partial charge is 0.228 e. The summed E-state index contributed by atoms with van der Waals surface area (Å²) in [6.07, 6.45) is 1.54. The Bertz CT molecular complexity index is 1700. The van der Waals surface area contributed by atoms with Gasteiger partial charge in [-0.05, 0) is 36.2 Å². The quantitative estimate of drug-likeness (QED) is 0.228. The lowest BCUT2D eigenvalue weighted by molar-refractivity contribution is 0.125. The number of hydrogen-bond acceptors (Lipinski definition) is 9. The second-order valence-corrected chi connectivity index (χ2v) is 8.95. The Morgan fingerprint density at radius 3 is 2.64 bits per heavy atom. The highest BCUT2D eigenvalue weighted by Crippen LogP contribution is 2.49. The Hall–Kier alpha value is -5.12. The van der Waals surface area contributed by atoms with Crippen molar-refractivity contribution in [3.8, 4) is 28.9 Å². The first-order valence-corrected chi connectivity index (χ1v) is 12.2. The van der Waals surface area contributed by atoms with E-state index in [9.17, 15) is 5.11 Å². The van der Waals surface area contributed by atoms with Crippen molar-refractivity contribution in [3.05, 3.63) is 101 Å². The summed E-state index contributed by atoms with van der Waals surface area (Å²) in [6, 6.07) is 20.6. The topological polar surface area (TPSA) is 113 Å². The summed E-state index contributed by atoms with van der Waals surface area (Å²) in [5.41, 5.74) is 4.76. The van der Waals surface area contributed by atoms with Crippen molar-refractivity contribution >= 4 is 11.4 Å². The molecule has 2 aromatic heterocycles. The third-order valence-electron chi connectivity index (χ3n) is 6.56. The lowest BCUT2D eigenvalue weighted by Gasteiger charge is -2.28. The summed E-state index contributed by atoms with van der Waals surface area (Å²) in [5, 5.41) is 18.9. The van der Waals surface area contributed by atoms with Crippen LogP contribution in [-0.2, 0) is 11.4 Å². The molecule has 10 heteroatoms. The van der Waals surface area contributed by atoms with Crippen molar-refractivity contribution in [1.82, 2.24) is 19.6 Å². The zero-order valence-corrected chi connectivity index (χ0v) is 21.5. The highest BCUT2D eigenvalue weighted by Gasteiger charge is 2.34. The molecule has 0 saturated carbocycles. The van der Waals surface area contributed by atoms with Crippen molar-refractivity contribution < 1.29 is 24.2 Å². The van der Waals surface area contributed by atoms with E-state index in [0.717, 1.165) is 28.0 Å². The number of nitrogens with zero attached hydrogens (tertiary/aromatic N) is 5. The minimum absolute atomic E-state index is 0.0764. The Morgan fingerprint density at radius 2 is 1.85 bits per heavy atom. The summed E-state index contributed by atoms with van der Waals surface area (Å²) in [6.45, 7) is 1.96. The molecular weight excluding hydrogens is 498 g/mol. The third kappa shape index (κ3) is 4.46. The summed E-state index contributed by atoms with van der Waals surface area (Å²) in [5.74, 6) is 2.28. The Morgan fingerprint density at radius 1 is 1.03 bits per heavy atom. The van der Waals surface area contributed by atoms with Gasteiger partial charge >= 0.3 is 0 Å². The lowest BCUT2D eigenvalue weighted by Crippen LogP contribution is -2.15. The molecular formula is C29H25N5O5. The lowest BCUT2D eigenvalue weighted by atomic mass is 9.83. The predicted octanol–water partition coefficient (Wildman–Crippen LogP) is 5.07. The van der Waals surface area contributed by atoms with E-state index < -0.39 is 0 Å². The van der Waals surface area contributed by atoms with E-state index in [-0.39, 0.29) is 18.3 Å². The van der Waals surface area contributed by atoms with Crippen molar-refractivity contribution in [2.75, 3.05) is 14.2 Å². The minimum Gasteiger partial charge on any atom is -0.508 e. The van der Waals surface area contributed by atoms with E-state index in [1.54, 1.807) is 37.2 Å². The van der Waals surface area contributed by atoms with Gasteiger partial charge < -0.3 is 24.2 Å². The Balaban J connectivity index is 1.41. The number of aromatic nitrogens is 4. The number of rotatable bonds is 7. The number of ether oxygens (including phenoxy) is 3. The van der Waals surface area contributed by atoms with Gasteiger partial charge in [-0.15, -0.1) is 5.10 Å². The standard InChI is InChI=1S/C29H25N5O5/c1-17(18-7-5-4-6-8-18)33-38-15-25-31-28-27-26(19-9-12-22(36-2)24(13-19)37-3)21-11-10-20(35)14-23(21)39-29(27)30-16-34(28)32-25/h4-14,16,26,35H,15H2,1-3H3/b33-17-/t26-/m0/s1. The monoisotopic (exact) mass is 523 g/mol. The highest BCUT2D eigenvalue weighted by molar-refractivity contribution is 5.98. The van der Waals surface area contributed by atoms with Crippen molar-refractivity contribution in [2.45, 2.75) is 19.4 Å². The number of benzene rings is 3. The van der Waals surface area contributed by atoms with E-state index in [0.29, 0.717) is 34.6 Å². The van der Waals surface area contributed by atoms with Gasteiger partial charge in [0.25, 0.3) is 0 Å². The first kappa shape index (κ1) is 24.2. The molecule has 0 aliphatic carbocycles. The molecule has 196 valence electrons. The molecule has 1 atom stereocenters. The molecule has 3 heterocycles. The molecule has 0 radical (unpaired) electrons. The van der Waals surface area contributed by atoms with Crippen LogP contribution in [0.3, 0.4) is 0 Å². The van der Waals surface area contributed by atoms with Gasteiger partial charge in [-0.3, -0.25) is 0 Å². The third-order valence-corrected chi connectivity index (χ3v) is 6.56. The Kier molecular flexibility index (Phi) is 6.20. The molecule has 5 aromatic rings. The molecule has 0 fully saturated rings. The number of phenols is 1. The fraction of sp³-hybridized carbons (Fsp3) is 0.172. The molecule has 0 unspecified atom stereocenters. The van der Waals surface area contributed by atoms with Crippen LogP contribution < -0.4 is 14.2 Å². The van der Waals surface area contributed by atoms with E-state index in [1.807, 2.05) is 61.5 Å². The van der Waals surface area contributed by atoms with Crippen LogP contribution in [0.1, 0.15) is 40.9 Å². The first-order chi connectivity index (χ1) is 19.1. The summed E-state index contributed by atoms with van der Waals surface area (Å²) >= 11 is 0. The fourth-order valence-electron chi connectivity index (χ4n) is 4.71. The van der Waals surface area contributed by atoms with Crippen molar-refractivity contribution in [2.24, 2.45) is 5.16 Å². The number of hydrogen-bond donors (Lipinski definition) is 1. The zero-order valence-electron chi connectivity index (χ0n) is 21.5. The van der Waals surface area contributed by atoms with Crippen LogP contribution in [-0.4, -0.2) is 44.6 Å². The zero-order chi connectivity index (χ0) is 26.9. The maximum Gasteiger partial charge on any atom is 0.228 e. The van der Waals surface area contributed by atoms with Crippen LogP contribution >= 0.6 is 0 Å². The van der Waals surface area contributed by atoms with E-state index in [1.165, 1.54) is 0 Å². The van der Waals surface area contributed by atoms with Gasteiger partial charge in [0, 0.05) is 17.5 Å². The molecule has 1 aliphatic rings. The van der Waals surface area contributed by atoms with Gasteiger partial charge in [-0.2, -0.15) is 0 Å². The van der Waals surface area contributed by atoms with Crippen LogP contribution in [0.15, 0.2) is 78.2 Å². The maximum atomic E-state index is 10.1. The Labute approximate surface area is 224 Å². The van der Waals surface area contributed by atoms with Crippen LogP contribution in [0.4, 0.5) is 0 Å². The second kappa shape index (κ2) is 9.97. The van der Waals surface area contributed by atoms with Crippen LogP contribution in [0, 0.1) is 0 Å². The average Bonchev–Trinajstić information content (AvgIpc) is 3.39. The molecule has 1 N–H and O–H groups in total. The molecule has 10 nitrogen and oxygen atoms in total. The van der Waals surface area contributed by atoms with Gasteiger partial charge in [0.2, 0.25) is 5.88 Å². The summed E-state index contributed by atoms with van der Waals surface area (Å²) in [7, 11) is 3.19. The van der Waals surface area contributed by atoms with Crippen LogP contribution in [0.25, 0.3) is 5.65 Å². The van der Waals surface area contributed by atoms with Gasteiger partial charge in [0.05, 0.1) is 25.5 Å². The van der Waals surface area contributed by atoms with Crippen LogP contribution in [0.2, 0.25) is 0 Å². The fourth-order valence-corrected chi connectivity index (χ4v) is 4.71. The molecule has 0 amide bonds. The SMILES string of the molecule is COc1ccc([C@H]2c3ccc(O)cc3Oc3ncn4nc(CO/N=C(/C)c5ccccc5)nc4c32)cc1OC. The number of methoxy groups -OCH3 is 2. The van der Waals surface area contributed by atoms with Gasteiger partial charge in [0.1, 0.15) is 17.8 Å². The van der Waals surface area contributed by atoms with E-state index in [4.69, 9.17) is 24.0 Å². The van der Waals surface area contributed by atoms with Gasteiger partial charge in [-0.25, -0.2) is 14.5 Å². The predicted molar refractivity (Wildman–Crippen MR) is 143 cm³/mol. The van der Waals surface area contributed by atoms with Gasteiger partial charge in [-0.1, -0.05) is 47.6 Å². The maximum absolute atomic E-state index is 10.1. The number of fused-ring (bicyclic) bond motifs is 4. The minimum atomic E-state index is -0.336. The molecule has 3 aromatic carbocycles. The van der Waals surface area contributed by atoms with E-state index >= 15 is 0 Å². The first-order valence-electron chi connectivity index (χ1n) is 12.2. The molecule has 0 bridgehead atoms. The number of oxime groups is 1. The number of phenolic OH excluding ortho intramolecular Hbond substituents is 1. The number of aromatic hydroxyl groups is 1. The summed E-state index contributed by atoms with van der Waals surface area (Å²) < 4.78 is 18.8. The normalized spacial score (nSPS) is 14.3. The van der Waals surface area contributed by atoms with Crippen molar-refractivity contribution in [3.63, 3.8) is 0 Å². The molecule has 6 rings (SSSR count). The largest absolute Gasteiger partial charge is 0.508 e. The van der Waals surface area contributed by atoms with Crippen molar-refractivity contribution in [1.29, 1.82) is 0 Å². The molecule has 0 spiro atoms. The second-order valence-electron chi connectivity index (χ2n) is 8.95. The van der Waals surface area contributed by atoms with E-state index in [2.05, 4.69) is 15.2 Å². The summed E-state index contributed by atoms with van der Waals surface area (Å²) in [4.78, 5) is 14.9. The molecule has 1 aliphatic heterocycles. The highest BCUT2D eigenvalue weighted by atomic mass is 16.6. The molecule has 0 saturated heterocycles.